The van der Waals surface area contributed by atoms with Crippen molar-refractivity contribution < 1.29 is 13.2 Å². The van der Waals surface area contributed by atoms with Gasteiger partial charge in [-0.1, -0.05) is 0 Å². The zero-order valence-corrected chi connectivity index (χ0v) is 11.6. The van der Waals surface area contributed by atoms with E-state index < -0.39 is 15.6 Å². The fourth-order valence-corrected chi connectivity index (χ4v) is 3.61. The Morgan fingerprint density at radius 2 is 2.12 bits per heavy atom. The van der Waals surface area contributed by atoms with Crippen molar-refractivity contribution in [2.45, 2.75) is 38.3 Å². The summed E-state index contributed by atoms with van der Waals surface area (Å²) in [6, 6.07) is 0. The molecule has 4 nitrogen and oxygen atoms in total. The molecule has 0 aliphatic carbocycles. The summed E-state index contributed by atoms with van der Waals surface area (Å²) in [5, 5.41) is 0. The average molecular weight is 270 g/mol. The van der Waals surface area contributed by atoms with Gasteiger partial charge < -0.3 is 4.74 Å². The standard InChI is InChI=1S/C10H20ClNO3S/c1-10(2,8-11)12(3)16(13,14)7-9-5-4-6-15-9/h9H,4-8H2,1-3H3. The largest absolute Gasteiger partial charge is 0.377 e. The molecule has 0 bridgehead atoms. The van der Waals surface area contributed by atoms with Crippen molar-refractivity contribution in [3.8, 4) is 0 Å². The molecule has 0 spiro atoms. The molecule has 1 saturated heterocycles. The molecule has 1 aliphatic heterocycles. The molecular formula is C10H20ClNO3S. The van der Waals surface area contributed by atoms with Crippen molar-refractivity contribution in [1.29, 1.82) is 0 Å². The van der Waals surface area contributed by atoms with Crippen LogP contribution in [0.5, 0.6) is 0 Å². The molecule has 0 N–H and O–H groups in total. The molecule has 0 radical (unpaired) electrons. The summed E-state index contributed by atoms with van der Waals surface area (Å²) in [4.78, 5) is 0. The molecule has 0 saturated carbocycles. The molecule has 0 aromatic carbocycles. The fraction of sp³-hybridized carbons (Fsp3) is 1.00. The van der Waals surface area contributed by atoms with Crippen LogP contribution in [0.1, 0.15) is 26.7 Å². The van der Waals surface area contributed by atoms with E-state index in [0.717, 1.165) is 12.8 Å². The smallest absolute Gasteiger partial charge is 0.216 e. The summed E-state index contributed by atoms with van der Waals surface area (Å²) in [6.45, 7) is 4.29. The maximum absolute atomic E-state index is 12.1. The summed E-state index contributed by atoms with van der Waals surface area (Å²) in [5.74, 6) is 0.331. The van der Waals surface area contributed by atoms with E-state index in [0.29, 0.717) is 6.61 Å². The third kappa shape index (κ3) is 3.32. The van der Waals surface area contributed by atoms with Gasteiger partial charge in [0.25, 0.3) is 0 Å². The van der Waals surface area contributed by atoms with Crippen LogP contribution in [0.2, 0.25) is 0 Å². The highest BCUT2D eigenvalue weighted by Crippen LogP contribution is 2.21. The third-order valence-electron chi connectivity index (χ3n) is 3.02. The molecule has 1 rings (SSSR count). The number of alkyl halides is 1. The average Bonchev–Trinajstić information content (AvgIpc) is 2.68. The Morgan fingerprint density at radius 1 is 1.50 bits per heavy atom. The normalized spacial score (nSPS) is 22.9. The van der Waals surface area contributed by atoms with E-state index in [1.807, 2.05) is 13.8 Å². The SMILES string of the molecule is CN(C(C)(C)CCl)S(=O)(=O)CC1CCCO1. The molecule has 0 amide bonds. The van der Waals surface area contributed by atoms with Gasteiger partial charge in [-0.3, -0.25) is 0 Å². The zero-order valence-electron chi connectivity index (χ0n) is 10.1. The highest BCUT2D eigenvalue weighted by Gasteiger charge is 2.34. The molecule has 6 heteroatoms. The minimum atomic E-state index is -3.29. The second-order valence-corrected chi connectivity index (χ2v) is 7.14. The van der Waals surface area contributed by atoms with E-state index in [-0.39, 0.29) is 17.7 Å². The number of hydrogen-bond acceptors (Lipinski definition) is 3. The van der Waals surface area contributed by atoms with Gasteiger partial charge >= 0.3 is 0 Å². The predicted octanol–water partition coefficient (Wildman–Crippen LogP) is 1.44. The molecular weight excluding hydrogens is 250 g/mol. The van der Waals surface area contributed by atoms with Crippen molar-refractivity contribution in [3.63, 3.8) is 0 Å². The van der Waals surface area contributed by atoms with Gasteiger partial charge in [0.1, 0.15) is 0 Å². The maximum atomic E-state index is 12.1. The second kappa shape index (κ2) is 5.21. The molecule has 1 heterocycles. The van der Waals surface area contributed by atoms with E-state index in [1.165, 1.54) is 4.31 Å². The Bertz CT molecular complexity index is 323. The molecule has 1 fully saturated rings. The first-order valence-corrected chi connectivity index (χ1v) is 7.58. The number of halogens is 1. The molecule has 0 aromatic rings. The molecule has 0 aromatic heterocycles. The Kier molecular flexibility index (Phi) is 4.63. The fourth-order valence-electron chi connectivity index (χ4n) is 1.58. The lowest BCUT2D eigenvalue weighted by atomic mass is 10.1. The minimum absolute atomic E-state index is 0.0593. The van der Waals surface area contributed by atoms with Crippen LogP contribution in [0.25, 0.3) is 0 Å². The van der Waals surface area contributed by atoms with Gasteiger partial charge in [0.2, 0.25) is 10.0 Å². The molecule has 1 aliphatic rings. The molecule has 96 valence electrons. The van der Waals surface area contributed by atoms with E-state index in [9.17, 15) is 8.42 Å². The summed E-state index contributed by atoms with van der Waals surface area (Å²) < 4.78 is 30.9. The van der Waals surface area contributed by atoms with Gasteiger partial charge in [-0.25, -0.2) is 8.42 Å². The highest BCUT2D eigenvalue weighted by atomic mass is 35.5. The van der Waals surface area contributed by atoms with Crippen molar-refractivity contribution in [1.82, 2.24) is 4.31 Å². The Balaban J connectivity index is 2.69. The second-order valence-electron chi connectivity index (χ2n) is 4.83. The monoisotopic (exact) mass is 269 g/mol. The van der Waals surface area contributed by atoms with Crippen molar-refractivity contribution >= 4 is 21.6 Å². The first kappa shape index (κ1) is 14.2. The summed E-state index contributed by atoms with van der Waals surface area (Å²) in [6.07, 6.45) is 1.62. The molecule has 16 heavy (non-hydrogen) atoms. The van der Waals surface area contributed by atoms with Crippen LogP contribution in [0.4, 0.5) is 0 Å². The first-order valence-electron chi connectivity index (χ1n) is 5.44. The van der Waals surface area contributed by atoms with Crippen molar-refractivity contribution in [2.75, 3.05) is 25.3 Å². The Hall–Kier alpha value is 0.160. The van der Waals surface area contributed by atoms with Gasteiger partial charge in [-0.05, 0) is 26.7 Å². The lowest BCUT2D eigenvalue weighted by Gasteiger charge is -2.33. The van der Waals surface area contributed by atoms with Gasteiger partial charge in [0.05, 0.1) is 11.9 Å². The predicted molar refractivity (Wildman–Crippen MR) is 65.3 cm³/mol. The Morgan fingerprint density at radius 3 is 2.56 bits per heavy atom. The van der Waals surface area contributed by atoms with Crippen LogP contribution in [-0.2, 0) is 14.8 Å². The molecule has 1 atom stereocenters. The van der Waals surface area contributed by atoms with E-state index in [2.05, 4.69) is 0 Å². The quantitative estimate of drug-likeness (QED) is 0.710. The van der Waals surface area contributed by atoms with Crippen molar-refractivity contribution in [3.05, 3.63) is 0 Å². The van der Waals surface area contributed by atoms with Crippen LogP contribution in [0, 0.1) is 0 Å². The maximum Gasteiger partial charge on any atom is 0.216 e. The molecule has 1 unspecified atom stereocenters. The zero-order chi connectivity index (χ0) is 12.4. The summed E-state index contributed by atoms with van der Waals surface area (Å²) in [7, 11) is -1.71. The van der Waals surface area contributed by atoms with Crippen LogP contribution in [0.3, 0.4) is 0 Å². The van der Waals surface area contributed by atoms with Crippen LogP contribution in [0.15, 0.2) is 0 Å². The number of hydrogen-bond donors (Lipinski definition) is 0. The highest BCUT2D eigenvalue weighted by molar-refractivity contribution is 7.89. The Labute approximate surface area is 103 Å². The van der Waals surface area contributed by atoms with Crippen LogP contribution < -0.4 is 0 Å². The summed E-state index contributed by atoms with van der Waals surface area (Å²) in [5.41, 5.74) is -0.557. The van der Waals surface area contributed by atoms with Gasteiger partial charge in [-0.2, -0.15) is 4.31 Å². The lowest BCUT2D eigenvalue weighted by molar-refractivity contribution is 0.125. The van der Waals surface area contributed by atoms with E-state index in [4.69, 9.17) is 16.3 Å². The van der Waals surface area contributed by atoms with Crippen molar-refractivity contribution in [2.24, 2.45) is 0 Å². The van der Waals surface area contributed by atoms with E-state index >= 15 is 0 Å². The van der Waals surface area contributed by atoms with Crippen LogP contribution in [-0.4, -0.2) is 49.7 Å². The lowest BCUT2D eigenvalue weighted by Crippen LogP contribution is -2.48. The number of nitrogens with zero attached hydrogens (tertiary/aromatic N) is 1. The number of rotatable bonds is 5. The van der Waals surface area contributed by atoms with E-state index in [1.54, 1.807) is 7.05 Å². The van der Waals surface area contributed by atoms with Gasteiger partial charge in [0, 0.05) is 25.1 Å². The minimum Gasteiger partial charge on any atom is -0.377 e. The topological polar surface area (TPSA) is 46.6 Å². The third-order valence-corrected chi connectivity index (χ3v) is 5.79. The summed E-state index contributed by atoms with van der Waals surface area (Å²) >= 11 is 5.77. The van der Waals surface area contributed by atoms with Gasteiger partial charge in [0.15, 0.2) is 0 Å². The number of ether oxygens (including phenoxy) is 1. The van der Waals surface area contributed by atoms with Gasteiger partial charge in [-0.15, -0.1) is 11.6 Å². The van der Waals surface area contributed by atoms with Crippen LogP contribution >= 0.6 is 11.6 Å². The number of sulfonamides is 1. The first-order chi connectivity index (χ1) is 7.29.